The second-order valence-electron chi connectivity index (χ2n) is 11.7. The van der Waals surface area contributed by atoms with E-state index in [-0.39, 0.29) is 5.91 Å². The van der Waals surface area contributed by atoms with E-state index >= 15 is 0 Å². The van der Waals surface area contributed by atoms with E-state index in [4.69, 9.17) is 19.8 Å². The number of benzene rings is 2. The highest BCUT2D eigenvalue weighted by Crippen LogP contribution is 2.32. The molecule has 0 bridgehead atoms. The van der Waals surface area contributed by atoms with Gasteiger partial charge < -0.3 is 20.7 Å². The first-order valence-electron chi connectivity index (χ1n) is 15.3. The maximum Gasteiger partial charge on any atom is 0.247 e. The molecule has 9 nitrogen and oxygen atoms in total. The molecule has 226 valence electrons. The second-order valence-corrected chi connectivity index (χ2v) is 11.7. The Kier molecular flexibility index (Phi) is 8.56. The van der Waals surface area contributed by atoms with Crippen LogP contribution in [0.3, 0.4) is 0 Å². The topological polar surface area (TPSA) is 105 Å². The molecule has 3 aromatic heterocycles. The number of pyridine rings is 1. The Morgan fingerprint density at radius 2 is 1.93 bits per heavy atom. The lowest BCUT2D eigenvalue weighted by atomic mass is 9.93. The van der Waals surface area contributed by atoms with Crippen molar-refractivity contribution in [3.8, 4) is 11.3 Å². The summed E-state index contributed by atoms with van der Waals surface area (Å²) >= 11 is 0. The van der Waals surface area contributed by atoms with Crippen LogP contribution < -0.4 is 16.0 Å². The van der Waals surface area contributed by atoms with Crippen molar-refractivity contribution >= 4 is 39.6 Å². The summed E-state index contributed by atoms with van der Waals surface area (Å²) in [4.78, 5) is 21.6. The summed E-state index contributed by atoms with van der Waals surface area (Å²) in [7, 11) is 1.80. The first kappa shape index (κ1) is 29.3. The van der Waals surface area contributed by atoms with Crippen molar-refractivity contribution in [2.45, 2.75) is 64.1 Å². The van der Waals surface area contributed by atoms with Gasteiger partial charge in [0.25, 0.3) is 0 Å². The third-order valence-electron chi connectivity index (χ3n) is 8.43. The minimum Gasteiger partial charge on any atom is -0.381 e. The lowest BCUT2D eigenvalue weighted by Gasteiger charge is -2.28. The second kappa shape index (κ2) is 12.9. The van der Waals surface area contributed by atoms with Crippen LogP contribution in [-0.2, 0) is 16.1 Å². The number of fused-ring (bicyclic) bond motifs is 2. The number of rotatable bonds is 10. The van der Waals surface area contributed by atoms with Gasteiger partial charge in [0.2, 0.25) is 5.91 Å². The third-order valence-corrected chi connectivity index (χ3v) is 8.43. The lowest BCUT2D eigenvalue weighted by Crippen LogP contribution is -2.29. The van der Waals surface area contributed by atoms with Gasteiger partial charge in [-0.25, -0.2) is 4.98 Å². The normalized spacial score (nSPS) is 16.7. The minimum atomic E-state index is -0.241. The molecule has 0 radical (unpaired) electrons. The summed E-state index contributed by atoms with van der Waals surface area (Å²) in [6.07, 6.45) is 9.55. The standard InChI is InChI=1S/C35H39N7O2/c1-5-33(43)40-26-12-15-29-23(18-26)16-17-36-34(29)28-9-7-6-8-24(28)20-37-32-19-31(39-25-10-13-27(44-4)14-11-25)41-35-30(22(2)3)21-38-42(32)35/h5-9,12,15-19,21-22,25,27,37H,1,10-11,13-14,20H2,2-4H3,(H,39,41)(H,40,43). The number of amides is 1. The monoisotopic (exact) mass is 589 g/mol. The lowest BCUT2D eigenvalue weighted by molar-refractivity contribution is -0.111. The smallest absolute Gasteiger partial charge is 0.247 e. The van der Waals surface area contributed by atoms with Gasteiger partial charge in [0.05, 0.1) is 18.0 Å². The molecule has 44 heavy (non-hydrogen) atoms. The molecule has 0 spiro atoms. The van der Waals surface area contributed by atoms with E-state index < -0.39 is 0 Å². The van der Waals surface area contributed by atoms with Crippen molar-refractivity contribution in [2.24, 2.45) is 0 Å². The number of aromatic nitrogens is 4. The third kappa shape index (κ3) is 6.14. The molecule has 6 rings (SSSR count). The van der Waals surface area contributed by atoms with Crippen molar-refractivity contribution in [1.82, 2.24) is 19.6 Å². The zero-order chi connectivity index (χ0) is 30.6. The highest BCUT2D eigenvalue weighted by molar-refractivity contribution is 6.02. The number of methoxy groups -OCH3 is 1. The molecule has 0 unspecified atom stereocenters. The van der Waals surface area contributed by atoms with Crippen LogP contribution in [0.1, 0.15) is 56.6 Å². The van der Waals surface area contributed by atoms with Crippen LogP contribution in [0, 0.1) is 0 Å². The molecule has 9 heteroatoms. The fourth-order valence-electron chi connectivity index (χ4n) is 5.99. The first-order valence-corrected chi connectivity index (χ1v) is 15.3. The van der Waals surface area contributed by atoms with Crippen molar-refractivity contribution in [1.29, 1.82) is 0 Å². The Morgan fingerprint density at radius 3 is 2.70 bits per heavy atom. The summed E-state index contributed by atoms with van der Waals surface area (Å²) in [5.74, 6) is 1.78. The molecule has 1 amide bonds. The molecule has 2 aromatic carbocycles. The number of hydrogen-bond donors (Lipinski definition) is 3. The van der Waals surface area contributed by atoms with Gasteiger partial charge >= 0.3 is 0 Å². The van der Waals surface area contributed by atoms with Crippen LogP contribution in [0.2, 0.25) is 0 Å². The molecule has 5 aromatic rings. The number of anilines is 3. The van der Waals surface area contributed by atoms with Crippen molar-refractivity contribution < 1.29 is 9.53 Å². The fraction of sp³-hybridized carbons (Fsp3) is 0.314. The van der Waals surface area contributed by atoms with E-state index in [1.807, 2.05) is 53.3 Å². The zero-order valence-electron chi connectivity index (χ0n) is 25.5. The van der Waals surface area contributed by atoms with E-state index in [0.29, 0.717) is 30.3 Å². The van der Waals surface area contributed by atoms with Crippen molar-refractivity contribution in [3.05, 3.63) is 90.8 Å². The zero-order valence-corrected chi connectivity index (χ0v) is 25.5. The predicted molar refractivity (Wildman–Crippen MR) is 177 cm³/mol. The Bertz CT molecular complexity index is 1800. The van der Waals surface area contributed by atoms with Gasteiger partial charge in [0.1, 0.15) is 11.6 Å². The van der Waals surface area contributed by atoms with E-state index in [0.717, 1.165) is 76.1 Å². The Hall–Kier alpha value is -4.76. The average Bonchev–Trinajstić information content (AvgIpc) is 3.48. The van der Waals surface area contributed by atoms with Gasteiger partial charge in [0, 0.05) is 54.2 Å². The highest BCUT2D eigenvalue weighted by atomic mass is 16.5. The van der Waals surface area contributed by atoms with Crippen LogP contribution in [-0.4, -0.2) is 44.7 Å². The number of nitrogens with zero attached hydrogens (tertiary/aromatic N) is 4. The van der Waals surface area contributed by atoms with Crippen molar-refractivity contribution in [3.63, 3.8) is 0 Å². The average molecular weight is 590 g/mol. The molecular weight excluding hydrogens is 550 g/mol. The summed E-state index contributed by atoms with van der Waals surface area (Å²) in [6.45, 7) is 8.44. The molecular formula is C35H39N7O2. The molecule has 1 aliphatic rings. The van der Waals surface area contributed by atoms with E-state index in [1.54, 1.807) is 7.11 Å². The maximum absolute atomic E-state index is 11.8. The Labute approximate surface area is 257 Å². The number of nitrogens with one attached hydrogen (secondary N) is 3. The SMILES string of the molecule is C=CC(=O)Nc1ccc2c(-c3ccccc3CNc3cc(NC4CCC(OC)CC4)nc4c(C(C)C)cnn34)nccc2c1. The molecule has 0 aliphatic heterocycles. The summed E-state index contributed by atoms with van der Waals surface area (Å²) < 4.78 is 7.48. The largest absolute Gasteiger partial charge is 0.381 e. The van der Waals surface area contributed by atoms with Gasteiger partial charge in [0.15, 0.2) is 5.65 Å². The van der Waals surface area contributed by atoms with Crippen LogP contribution in [0.4, 0.5) is 17.3 Å². The van der Waals surface area contributed by atoms with E-state index in [2.05, 4.69) is 54.6 Å². The maximum atomic E-state index is 11.8. The fourth-order valence-corrected chi connectivity index (χ4v) is 5.99. The Morgan fingerprint density at radius 1 is 1.11 bits per heavy atom. The minimum absolute atomic E-state index is 0.241. The summed E-state index contributed by atoms with van der Waals surface area (Å²) in [5, 5.41) is 16.9. The Balaban J connectivity index is 1.30. The van der Waals surface area contributed by atoms with Crippen LogP contribution in [0.15, 0.2) is 79.6 Å². The molecule has 0 saturated heterocycles. The highest BCUT2D eigenvalue weighted by Gasteiger charge is 2.22. The van der Waals surface area contributed by atoms with Gasteiger partial charge in [-0.3, -0.25) is 9.78 Å². The van der Waals surface area contributed by atoms with Gasteiger partial charge in [-0.05, 0) is 66.8 Å². The summed E-state index contributed by atoms with van der Waals surface area (Å²) in [6, 6.07) is 18.5. The van der Waals surface area contributed by atoms with E-state index in [9.17, 15) is 4.79 Å². The molecule has 1 saturated carbocycles. The predicted octanol–water partition coefficient (Wildman–Crippen LogP) is 7.17. The first-order chi connectivity index (χ1) is 21.4. The van der Waals surface area contributed by atoms with Gasteiger partial charge in [-0.2, -0.15) is 9.61 Å². The molecule has 1 aliphatic carbocycles. The number of carbonyl (C=O) groups excluding carboxylic acids is 1. The van der Waals surface area contributed by atoms with Crippen molar-refractivity contribution in [2.75, 3.05) is 23.1 Å². The molecule has 0 atom stereocenters. The number of ether oxygens (including phenoxy) is 1. The number of hydrogen-bond acceptors (Lipinski definition) is 7. The van der Waals surface area contributed by atoms with Gasteiger partial charge in [-0.1, -0.05) is 50.8 Å². The summed E-state index contributed by atoms with van der Waals surface area (Å²) in [5.41, 5.74) is 5.72. The quantitative estimate of drug-likeness (QED) is 0.148. The van der Waals surface area contributed by atoms with Crippen LogP contribution in [0.25, 0.3) is 27.7 Å². The van der Waals surface area contributed by atoms with Crippen LogP contribution in [0.5, 0.6) is 0 Å². The van der Waals surface area contributed by atoms with Crippen LogP contribution >= 0.6 is 0 Å². The number of carbonyl (C=O) groups is 1. The molecule has 3 heterocycles. The molecule has 3 N–H and O–H groups in total. The van der Waals surface area contributed by atoms with E-state index in [1.165, 1.54) is 6.08 Å². The molecule has 1 fully saturated rings. The van der Waals surface area contributed by atoms with Gasteiger partial charge in [-0.15, -0.1) is 0 Å².